The summed E-state index contributed by atoms with van der Waals surface area (Å²) in [5.74, 6) is 0.404. The number of anilines is 3. The van der Waals surface area contributed by atoms with Crippen LogP contribution in [0.25, 0.3) is 11.6 Å². The Morgan fingerprint density at radius 3 is 2.92 bits per heavy atom. The van der Waals surface area contributed by atoms with Crippen molar-refractivity contribution < 1.29 is 9.13 Å². The first-order valence-corrected chi connectivity index (χ1v) is 9.26. The van der Waals surface area contributed by atoms with E-state index in [2.05, 4.69) is 50.2 Å². The van der Waals surface area contributed by atoms with Gasteiger partial charge in [-0.1, -0.05) is 15.9 Å². The largest absolute Gasteiger partial charge is 0.396 e. The lowest BCUT2D eigenvalue weighted by Gasteiger charge is -2.31. The van der Waals surface area contributed by atoms with E-state index in [4.69, 9.17) is 10.5 Å². The van der Waals surface area contributed by atoms with E-state index in [1.54, 1.807) is 13.2 Å². The topological polar surface area (TPSA) is 63.4 Å². The number of methoxy groups -OCH3 is 1. The fraction of sp³-hybridized carbons (Fsp3) is 0.316. The molecule has 0 saturated carbocycles. The van der Waals surface area contributed by atoms with Crippen LogP contribution in [-0.2, 0) is 4.74 Å². The van der Waals surface area contributed by atoms with Gasteiger partial charge in [-0.05, 0) is 36.3 Å². The zero-order valence-electron chi connectivity index (χ0n) is 14.9. The van der Waals surface area contributed by atoms with Crippen LogP contribution < -0.4 is 16.0 Å². The van der Waals surface area contributed by atoms with E-state index in [0.717, 1.165) is 34.8 Å². The smallest absolute Gasteiger partial charge is 0.147 e. The summed E-state index contributed by atoms with van der Waals surface area (Å²) in [4.78, 5) is 6.74. The first kappa shape index (κ1) is 18.7. The van der Waals surface area contributed by atoms with Gasteiger partial charge in [0.15, 0.2) is 0 Å². The Bertz CT molecular complexity index is 841. The molecule has 2 heterocycles. The SMILES string of the molecule is CCN1CC(c2cc(N)c(F)cc2Br)=Cc2cnc(NCCOC)cc21. The van der Waals surface area contributed by atoms with Crippen LogP contribution in [0.15, 0.2) is 28.9 Å². The number of rotatable bonds is 6. The summed E-state index contributed by atoms with van der Waals surface area (Å²) < 4.78 is 19.4. The second kappa shape index (κ2) is 8.05. The van der Waals surface area contributed by atoms with Crippen molar-refractivity contribution >= 4 is 44.8 Å². The van der Waals surface area contributed by atoms with Gasteiger partial charge in [0, 0.05) is 54.7 Å². The summed E-state index contributed by atoms with van der Waals surface area (Å²) in [5, 5.41) is 3.26. The van der Waals surface area contributed by atoms with Crippen LogP contribution in [0.3, 0.4) is 0 Å². The molecule has 0 amide bonds. The van der Waals surface area contributed by atoms with Crippen molar-refractivity contribution in [2.24, 2.45) is 0 Å². The van der Waals surface area contributed by atoms with Gasteiger partial charge in [0.2, 0.25) is 0 Å². The fourth-order valence-electron chi connectivity index (χ4n) is 3.00. The second-order valence-corrected chi connectivity index (χ2v) is 6.94. The first-order valence-electron chi connectivity index (χ1n) is 8.46. The number of nitrogen functional groups attached to an aromatic ring is 1. The molecule has 0 fully saturated rings. The van der Waals surface area contributed by atoms with Gasteiger partial charge >= 0.3 is 0 Å². The van der Waals surface area contributed by atoms with E-state index in [1.807, 2.05) is 6.20 Å². The molecule has 3 rings (SSSR count). The molecule has 5 nitrogen and oxygen atoms in total. The fourth-order valence-corrected chi connectivity index (χ4v) is 3.57. The Balaban J connectivity index is 1.96. The van der Waals surface area contributed by atoms with Crippen LogP contribution in [-0.4, -0.2) is 38.3 Å². The summed E-state index contributed by atoms with van der Waals surface area (Å²) in [6.45, 7) is 5.01. The Kier molecular flexibility index (Phi) is 5.78. The average molecular weight is 421 g/mol. The van der Waals surface area contributed by atoms with Crippen LogP contribution in [0.4, 0.5) is 21.6 Å². The molecule has 1 aliphatic heterocycles. The van der Waals surface area contributed by atoms with Crippen molar-refractivity contribution in [3.05, 3.63) is 45.8 Å². The summed E-state index contributed by atoms with van der Waals surface area (Å²) in [5.41, 5.74) is 10.0. The third-order valence-electron chi connectivity index (χ3n) is 4.37. The number of pyridine rings is 1. The highest BCUT2D eigenvalue weighted by Gasteiger charge is 2.21. The molecule has 0 aliphatic carbocycles. The van der Waals surface area contributed by atoms with Crippen molar-refractivity contribution in [1.29, 1.82) is 0 Å². The lowest BCUT2D eigenvalue weighted by atomic mass is 9.97. The number of hydrogen-bond acceptors (Lipinski definition) is 5. The highest BCUT2D eigenvalue weighted by molar-refractivity contribution is 9.10. The molecule has 3 N–H and O–H groups in total. The molecule has 7 heteroatoms. The van der Waals surface area contributed by atoms with Gasteiger partial charge < -0.3 is 20.7 Å². The first-order chi connectivity index (χ1) is 12.5. The van der Waals surface area contributed by atoms with Gasteiger partial charge in [0.25, 0.3) is 0 Å². The van der Waals surface area contributed by atoms with Gasteiger partial charge in [-0.3, -0.25) is 0 Å². The van der Waals surface area contributed by atoms with Crippen LogP contribution in [0.2, 0.25) is 0 Å². The van der Waals surface area contributed by atoms with Crippen LogP contribution in [0, 0.1) is 5.82 Å². The third kappa shape index (κ3) is 3.83. The summed E-state index contributed by atoms with van der Waals surface area (Å²) in [6.07, 6.45) is 3.94. The second-order valence-electron chi connectivity index (χ2n) is 6.09. The summed E-state index contributed by atoms with van der Waals surface area (Å²) in [6, 6.07) is 5.15. The number of halogens is 2. The number of benzene rings is 1. The zero-order valence-corrected chi connectivity index (χ0v) is 16.4. The summed E-state index contributed by atoms with van der Waals surface area (Å²) >= 11 is 3.45. The number of fused-ring (bicyclic) bond motifs is 1. The number of ether oxygens (including phenoxy) is 1. The molecule has 1 aliphatic rings. The number of nitrogens with two attached hydrogens (primary N) is 1. The normalized spacial score (nSPS) is 13.4. The monoisotopic (exact) mass is 420 g/mol. The standard InChI is InChI=1S/C19H22BrFN4O/c1-3-25-11-13(14-7-17(22)16(21)8-15(14)20)6-12-10-24-19(9-18(12)25)23-4-5-26-2/h6-10H,3-5,11,22H2,1-2H3,(H,23,24). The number of aromatic nitrogens is 1. The molecular weight excluding hydrogens is 399 g/mol. The highest BCUT2D eigenvalue weighted by Crippen LogP contribution is 2.37. The number of nitrogens with zero attached hydrogens (tertiary/aromatic N) is 2. The van der Waals surface area contributed by atoms with Crippen LogP contribution in [0.5, 0.6) is 0 Å². The highest BCUT2D eigenvalue weighted by atomic mass is 79.9. The van der Waals surface area contributed by atoms with E-state index in [9.17, 15) is 4.39 Å². The maximum Gasteiger partial charge on any atom is 0.147 e. The summed E-state index contributed by atoms with van der Waals surface area (Å²) in [7, 11) is 1.67. The zero-order chi connectivity index (χ0) is 18.7. The van der Waals surface area contributed by atoms with E-state index in [-0.39, 0.29) is 5.69 Å². The predicted molar refractivity (Wildman–Crippen MR) is 109 cm³/mol. The third-order valence-corrected chi connectivity index (χ3v) is 5.03. The molecule has 1 aromatic heterocycles. The van der Waals surface area contributed by atoms with Gasteiger partial charge in [-0.2, -0.15) is 0 Å². The molecule has 1 aromatic carbocycles. The molecular formula is C19H22BrFN4O. The molecule has 0 radical (unpaired) electrons. The number of hydrogen-bond donors (Lipinski definition) is 2. The molecule has 0 unspecified atom stereocenters. The molecule has 26 heavy (non-hydrogen) atoms. The Morgan fingerprint density at radius 2 is 2.19 bits per heavy atom. The quantitative estimate of drug-likeness (QED) is 0.545. The van der Waals surface area contributed by atoms with Gasteiger partial charge in [0.05, 0.1) is 12.3 Å². The molecule has 0 atom stereocenters. The molecule has 2 aromatic rings. The van der Waals surface area contributed by atoms with Crippen molar-refractivity contribution in [1.82, 2.24) is 4.98 Å². The van der Waals surface area contributed by atoms with E-state index in [1.165, 1.54) is 6.07 Å². The minimum Gasteiger partial charge on any atom is -0.396 e. The van der Waals surface area contributed by atoms with Crippen molar-refractivity contribution in [3.63, 3.8) is 0 Å². The maximum absolute atomic E-state index is 13.7. The minimum atomic E-state index is -0.418. The molecule has 138 valence electrons. The molecule has 0 spiro atoms. The van der Waals surface area contributed by atoms with Gasteiger partial charge in [-0.15, -0.1) is 0 Å². The molecule has 0 saturated heterocycles. The lowest BCUT2D eigenvalue weighted by molar-refractivity contribution is 0.210. The van der Waals surface area contributed by atoms with Crippen LogP contribution in [0.1, 0.15) is 18.1 Å². The van der Waals surface area contributed by atoms with Crippen molar-refractivity contribution in [3.8, 4) is 0 Å². The van der Waals surface area contributed by atoms with Gasteiger partial charge in [-0.25, -0.2) is 9.37 Å². The van der Waals surface area contributed by atoms with Gasteiger partial charge in [0.1, 0.15) is 11.6 Å². The van der Waals surface area contributed by atoms with E-state index < -0.39 is 5.82 Å². The van der Waals surface area contributed by atoms with Crippen LogP contribution >= 0.6 is 15.9 Å². The van der Waals surface area contributed by atoms with Crippen molar-refractivity contribution in [2.45, 2.75) is 6.92 Å². The number of likely N-dealkylation sites (N-methyl/N-ethyl adjacent to an activating group) is 1. The minimum absolute atomic E-state index is 0.147. The Hall–Kier alpha value is -2.12. The predicted octanol–water partition coefficient (Wildman–Crippen LogP) is 4.00. The lowest BCUT2D eigenvalue weighted by Crippen LogP contribution is -2.28. The Labute approximate surface area is 161 Å². The maximum atomic E-state index is 13.7. The molecule has 0 bridgehead atoms. The number of nitrogens with one attached hydrogen (secondary N) is 1. The Morgan fingerprint density at radius 1 is 1.38 bits per heavy atom. The van der Waals surface area contributed by atoms with E-state index in [0.29, 0.717) is 24.2 Å². The van der Waals surface area contributed by atoms with Crippen molar-refractivity contribution in [2.75, 3.05) is 49.3 Å². The average Bonchev–Trinajstić information content (AvgIpc) is 2.64. The van der Waals surface area contributed by atoms with E-state index >= 15 is 0 Å².